The number of hydrogen-bond donors (Lipinski definition) is 2. The highest BCUT2D eigenvalue weighted by atomic mass is 35.5. The second-order valence-electron chi connectivity index (χ2n) is 8.68. The first-order chi connectivity index (χ1) is 12.1. The summed E-state index contributed by atoms with van der Waals surface area (Å²) in [5.41, 5.74) is -1.51. The Labute approximate surface area is 159 Å². The predicted molar refractivity (Wildman–Crippen MR) is 94.3 cm³/mol. The van der Waals surface area contributed by atoms with E-state index in [4.69, 9.17) is 21.1 Å². The van der Waals surface area contributed by atoms with Crippen molar-refractivity contribution in [1.82, 2.24) is 0 Å². The van der Waals surface area contributed by atoms with Gasteiger partial charge in [-0.15, -0.1) is 11.6 Å². The topological polar surface area (TPSA) is 93.1 Å². The molecule has 26 heavy (non-hydrogen) atoms. The normalized spacial score (nSPS) is 47.9. The molecule has 2 aliphatic carbocycles. The van der Waals surface area contributed by atoms with Crippen molar-refractivity contribution in [3.05, 3.63) is 0 Å². The van der Waals surface area contributed by atoms with Crippen LogP contribution in [0, 0.1) is 35.5 Å². The van der Waals surface area contributed by atoms with Crippen LogP contribution in [0.4, 0.5) is 0 Å². The van der Waals surface area contributed by atoms with Gasteiger partial charge in [-0.2, -0.15) is 0 Å². The standard InChI is InChI=1S/C19H29ClO6/c1-8(2)17(22)25-12-5-9(3)11-6-13(21)19(24,7-20)15(11)16-14(12)10(4)18(23)26-16/h8-16,21,24H,5-7H2,1-4H3. The lowest BCUT2D eigenvalue weighted by molar-refractivity contribution is -0.160. The van der Waals surface area contributed by atoms with Gasteiger partial charge >= 0.3 is 11.9 Å². The minimum Gasteiger partial charge on any atom is -0.462 e. The van der Waals surface area contributed by atoms with Crippen LogP contribution in [0.1, 0.15) is 40.5 Å². The first-order valence-electron chi connectivity index (χ1n) is 9.49. The minimum absolute atomic E-state index is 0.0536. The molecule has 0 spiro atoms. The third-order valence-electron chi connectivity index (χ3n) is 6.76. The lowest BCUT2D eigenvalue weighted by Gasteiger charge is -2.37. The van der Waals surface area contributed by atoms with Gasteiger partial charge in [0.2, 0.25) is 0 Å². The van der Waals surface area contributed by atoms with E-state index in [0.29, 0.717) is 12.8 Å². The highest BCUT2D eigenvalue weighted by Crippen LogP contribution is 2.55. The third-order valence-corrected chi connectivity index (χ3v) is 7.19. The fraction of sp³-hybridized carbons (Fsp3) is 0.895. The summed E-state index contributed by atoms with van der Waals surface area (Å²) in [6, 6.07) is 0. The summed E-state index contributed by atoms with van der Waals surface area (Å²) in [5.74, 6) is -2.25. The number of aliphatic hydroxyl groups is 2. The molecule has 9 atom stereocenters. The molecule has 2 saturated carbocycles. The Morgan fingerprint density at radius 3 is 2.62 bits per heavy atom. The van der Waals surface area contributed by atoms with E-state index in [2.05, 4.69) is 0 Å². The van der Waals surface area contributed by atoms with Crippen LogP contribution in [0.2, 0.25) is 0 Å². The SMILES string of the molecule is CC(C)C(=O)OC1CC(C)C2CC(O)C(O)(CCl)C2C2OC(=O)C(C)C12. The van der Waals surface area contributed by atoms with Gasteiger partial charge in [-0.3, -0.25) is 9.59 Å². The molecule has 9 unspecified atom stereocenters. The van der Waals surface area contributed by atoms with E-state index < -0.39 is 35.7 Å². The van der Waals surface area contributed by atoms with Crippen LogP contribution in [-0.2, 0) is 19.1 Å². The maximum Gasteiger partial charge on any atom is 0.309 e. The van der Waals surface area contributed by atoms with Gasteiger partial charge in [0.15, 0.2) is 0 Å². The number of carbonyl (C=O) groups is 2. The summed E-state index contributed by atoms with van der Waals surface area (Å²) in [5, 5.41) is 21.6. The highest BCUT2D eigenvalue weighted by Gasteiger charge is 2.65. The molecule has 148 valence electrons. The van der Waals surface area contributed by atoms with Crippen molar-refractivity contribution in [2.24, 2.45) is 35.5 Å². The van der Waals surface area contributed by atoms with Crippen molar-refractivity contribution in [3.63, 3.8) is 0 Å². The molecule has 0 radical (unpaired) electrons. The smallest absolute Gasteiger partial charge is 0.309 e. The molecular weight excluding hydrogens is 360 g/mol. The number of fused-ring (bicyclic) bond motifs is 3. The Kier molecular flexibility index (Phi) is 5.32. The average Bonchev–Trinajstić information content (AvgIpc) is 2.97. The number of ether oxygens (including phenoxy) is 2. The van der Waals surface area contributed by atoms with Crippen molar-refractivity contribution in [3.8, 4) is 0 Å². The zero-order chi connectivity index (χ0) is 19.4. The summed E-state index contributed by atoms with van der Waals surface area (Å²) in [6.45, 7) is 7.36. The molecular formula is C19H29ClO6. The summed E-state index contributed by atoms with van der Waals surface area (Å²) in [4.78, 5) is 24.6. The van der Waals surface area contributed by atoms with Gasteiger partial charge < -0.3 is 19.7 Å². The number of alkyl halides is 1. The molecule has 0 bridgehead atoms. The quantitative estimate of drug-likeness (QED) is 0.565. The van der Waals surface area contributed by atoms with Crippen LogP contribution in [0.15, 0.2) is 0 Å². The second kappa shape index (κ2) is 6.95. The van der Waals surface area contributed by atoms with Crippen LogP contribution in [0.3, 0.4) is 0 Å². The van der Waals surface area contributed by atoms with E-state index >= 15 is 0 Å². The summed E-state index contributed by atoms with van der Waals surface area (Å²) < 4.78 is 11.5. The maximum absolute atomic E-state index is 12.3. The Morgan fingerprint density at radius 1 is 1.38 bits per heavy atom. The lowest BCUT2D eigenvalue weighted by Crippen LogP contribution is -2.52. The maximum atomic E-state index is 12.3. The Morgan fingerprint density at radius 2 is 2.04 bits per heavy atom. The third kappa shape index (κ3) is 2.94. The number of aliphatic hydroxyl groups excluding tert-OH is 1. The van der Waals surface area contributed by atoms with Gasteiger partial charge in [-0.05, 0) is 24.7 Å². The second-order valence-corrected chi connectivity index (χ2v) is 8.94. The van der Waals surface area contributed by atoms with Gasteiger partial charge in [0, 0.05) is 11.8 Å². The highest BCUT2D eigenvalue weighted by molar-refractivity contribution is 6.18. The van der Waals surface area contributed by atoms with Crippen LogP contribution >= 0.6 is 11.6 Å². The molecule has 0 aromatic rings. The van der Waals surface area contributed by atoms with E-state index in [9.17, 15) is 19.8 Å². The predicted octanol–water partition coefficient (Wildman–Crippen LogP) is 1.74. The molecule has 1 saturated heterocycles. The van der Waals surface area contributed by atoms with E-state index in [1.54, 1.807) is 20.8 Å². The van der Waals surface area contributed by atoms with Gasteiger partial charge in [-0.1, -0.05) is 27.7 Å². The van der Waals surface area contributed by atoms with Crippen LogP contribution in [0.25, 0.3) is 0 Å². The fourth-order valence-corrected chi connectivity index (χ4v) is 5.57. The van der Waals surface area contributed by atoms with Crippen LogP contribution in [-0.4, -0.2) is 51.9 Å². The molecule has 0 aromatic heterocycles. The average molecular weight is 389 g/mol. The molecule has 2 N–H and O–H groups in total. The Balaban J connectivity index is 2.00. The lowest BCUT2D eigenvalue weighted by atomic mass is 9.75. The summed E-state index contributed by atoms with van der Waals surface area (Å²) in [7, 11) is 0. The molecule has 0 aromatic carbocycles. The molecule has 3 fully saturated rings. The first kappa shape index (κ1) is 19.9. The van der Waals surface area contributed by atoms with E-state index in [-0.39, 0.29) is 41.5 Å². The van der Waals surface area contributed by atoms with Crippen molar-refractivity contribution in [1.29, 1.82) is 0 Å². The number of carbonyl (C=O) groups excluding carboxylic acids is 2. The molecule has 1 aliphatic heterocycles. The van der Waals surface area contributed by atoms with Crippen LogP contribution < -0.4 is 0 Å². The Hall–Kier alpha value is -0.850. The van der Waals surface area contributed by atoms with Gasteiger partial charge in [0.05, 0.1) is 23.8 Å². The molecule has 3 aliphatic rings. The van der Waals surface area contributed by atoms with Crippen molar-refractivity contribution in [2.75, 3.05) is 5.88 Å². The number of esters is 2. The number of halogens is 1. The van der Waals surface area contributed by atoms with Crippen molar-refractivity contribution < 1.29 is 29.3 Å². The van der Waals surface area contributed by atoms with E-state index in [0.717, 1.165) is 0 Å². The zero-order valence-electron chi connectivity index (χ0n) is 15.7. The Bertz CT molecular complexity index is 580. The number of rotatable bonds is 3. The molecule has 3 rings (SSSR count). The van der Waals surface area contributed by atoms with E-state index in [1.165, 1.54) is 0 Å². The van der Waals surface area contributed by atoms with E-state index in [1.807, 2.05) is 6.92 Å². The molecule has 7 heteroatoms. The van der Waals surface area contributed by atoms with Gasteiger partial charge in [-0.25, -0.2) is 0 Å². The van der Waals surface area contributed by atoms with Gasteiger partial charge in [0.1, 0.15) is 17.8 Å². The molecule has 6 nitrogen and oxygen atoms in total. The van der Waals surface area contributed by atoms with Crippen LogP contribution in [0.5, 0.6) is 0 Å². The fourth-order valence-electron chi connectivity index (χ4n) is 5.21. The monoisotopic (exact) mass is 388 g/mol. The summed E-state index contributed by atoms with van der Waals surface area (Å²) >= 11 is 6.05. The minimum atomic E-state index is -1.51. The first-order valence-corrected chi connectivity index (χ1v) is 10.0. The number of hydrogen-bond acceptors (Lipinski definition) is 6. The van der Waals surface area contributed by atoms with Gasteiger partial charge in [0.25, 0.3) is 0 Å². The van der Waals surface area contributed by atoms with Crippen molar-refractivity contribution in [2.45, 2.75) is 64.4 Å². The zero-order valence-corrected chi connectivity index (χ0v) is 16.5. The summed E-state index contributed by atoms with van der Waals surface area (Å²) in [6.07, 6.45) is -1.04. The molecule has 1 heterocycles. The van der Waals surface area contributed by atoms with Crippen molar-refractivity contribution >= 4 is 23.5 Å². The molecule has 0 amide bonds. The largest absolute Gasteiger partial charge is 0.462 e.